The summed E-state index contributed by atoms with van der Waals surface area (Å²) in [5.74, 6) is 0. The number of thiol groups is 2. The molecule has 78 valence electrons. The van der Waals surface area contributed by atoms with Crippen LogP contribution < -0.4 is 0 Å². The molecule has 0 aromatic carbocycles. The van der Waals surface area contributed by atoms with E-state index in [9.17, 15) is 10.1 Å². The third-order valence-corrected chi connectivity index (χ3v) is 4.53. The fourth-order valence-corrected chi connectivity index (χ4v) is 3.63. The van der Waals surface area contributed by atoms with Crippen LogP contribution in [0.5, 0.6) is 0 Å². The summed E-state index contributed by atoms with van der Waals surface area (Å²) >= 11 is 11.0. The summed E-state index contributed by atoms with van der Waals surface area (Å²) < 4.78 is 1.49. The first-order valence-electron chi connectivity index (χ1n) is 3.84. The minimum atomic E-state index is -0.385. The largest absolute Gasteiger partial charge is 0.289 e. The van der Waals surface area contributed by atoms with Crippen molar-refractivity contribution in [1.82, 2.24) is 0 Å². The predicted octanol–water partition coefficient (Wildman–Crippen LogP) is 3.96. The number of nitrogens with zero attached hydrogens (tertiary/aromatic N) is 1. The van der Waals surface area contributed by atoms with E-state index in [0.717, 1.165) is 9.09 Å². The highest BCUT2D eigenvalue weighted by atomic mass is 32.2. The smallest absolute Gasteiger partial charge is 0.258 e. The van der Waals surface area contributed by atoms with Gasteiger partial charge in [0.1, 0.15) is 4.88 Å². The second-order valence-electron chi connectivity index (χ2n) is 2.69. The van der Waals surface area contributed by atoms with Gasteiger partial charge in [-0.15, -0.1) is 47.9 Å². The molecule has 0 N–H and O–H groups in total. The molecule has 0 bridgehead atoms. The number of rotatable bonds is 2. The quantitative estimate of drug-likeness (QED) is 0.495. The molecule has 0 unspecified atom stereocenters. The highest BCUT2D eigenvalue weighted by molar-refractivity contribution is 7.83. The van der Waals surface area contributed by atoms with Crippen molar-refractivity contribution in [3.8, 4) is 9.75 Å². The van der Waals surface area contributed by atoms with Crippen molar-refractivity contribution in [2.75, 3.05) is 0 Å². The van der Waals surface area contributed by atoms with Gasteiger partial charge >= 0.3 is 0 Å². The summed E-state index contributed by atoms with van der Waals surface area (Å²) in [7, 11) is 0. The third-order valence-electron chi connectivity index (χ3n) is 1.71. The highest BCUT2D eigenvalue weighted by Gasteiger charge is 2.20. The van der Waals surface area contributed by atoms with Gasteiger partial charge in [0.15, 0.2) is 0 Å². The zero-order valence-electron chi connectivity index (χ0n) is 7.21. The Hall–Kier alpha value is -0.500. The Morgan fingerprint density at radius 1 is 1.20 bits per heavy atom. The lowest BCUT2D eigenvalue weighted by Crippen LogP contribution is -1.85. The summed E-state index contributed by atoms with van der Waals surface area (Å²) in [6, 6.07) is 5.13. The maximum atomic E-state index is 10.8. The van der Waals surface area contributed by atoms with Crippen LogP contribution in [0.2, 0.25) is 0 Å². The van der Waals surface area contributed by atoms with Crippen molar-refractivity contribution < 1.29 is 4.92 Å². The van der Waals surface area contributed by atoms with Gasteiger partial charge in [-0.3, -0.25) is 10.1 Å². The second-order valence-corrected chi connectivity index (χ2v) is 6.40. The van der Waals surface area contributed by atoms with E-state index in [2.05, 4.69) is 25.3 Å². The Kier molecular flexibility index (Phi) is 3.06. The number of thiophene rings is 2. The first-order chi connectivity index (χ1) is 7.08. The maximum absolute atomic E-state index is 10.8. The van der Waals surface area contributed by atoms with Crippen LogP contribution in [0, 0.1) is 10.1 Å². The van der Waals surface area contributed by atoms with E-state index >= 15 is 0 Å². The Balaban J connectivity index is 2.56. The van der Waals surface area contributed by atoms with Crippen molar-refractivity contribution in [2.24, 2.45) is 0 Å². The Bertz CT molecular complexity index is 516. The molecule has 2 aromatic rings. The first kappa shape index (κ1) is 11.0. The molecule has 0 aliphatic heterocycles. The lowest BCUT2D eigenvalue weighted by Gasteiger charge is -1.91. The van der Waals surface area contributed by atoms with Gasteiger partial charge in [0.2, 0.25) is 0 Å². The van der Waals surface area contributed by atoms with Crippen molar-refractivity contribution in [2.45, 2.75) is 8.42 Å². The molecule has 0 saturated carbocycles. The number of hydrogen-bond acceptors (Lipinski definition) is 6. The van der Waals surface area contributed by atoms with Gasteiger partial charge in [-0.25, -0.2) is 0 Å². The molecule has 2 rings (SSSR count). The van der Waals surface area contributed by atoms with Crippen LogP contribution in [-0.2, 0) is 0 Å². The zero-order chi connectivity index (χ0) is 11.0. The van der Waals surface area contributed by atoms with Crippen LogP contribution in [0.3, 0.4) is 0 Å². The molecule has 0 aliphatic rings. The van der Waals surface area contributed by atoms with Crippen molar-refractivity contribution >= 4 is 53.6 Å². The van der Waals surface area contributed by atoms with E-state index in [1.807, 2.05) is 12.1 Å². The molecule has 7 heteroatoms. The number of hydrogen-bond donors (Lipinski definition) is 2. The monoisotopic (exact) mass is 275 g/mol. The third kappa shape index (κ3) is 2.20. The van der Waals surface area contributed by atoms with Crippen molar-refractivity contribution in [1.29, 1.82) is 0 Å². The summed E-state index contributed by atoms with van der Waals surface area (Å²) in [6.45, 7) is 0. The molecule has 0 aliphatic carbocycles. The second kappa shape index (κ2) is 4.17. The Labute approximate surface area is 105 Å². The molecule has 0 amide bonds. The normalized spacial score (nSPS) is 10.5. The SMILES string of the molecule is O=[N+]([O-])c1cc(S)sc1-c1ccc(S)s1. The fourth-order valence-electron chi connectivity index (χ4n) is 1.13. The summed E-state index contributed by atoms with van der Waals surface area (Å²) in [4.78, 5) is 11.9. The van der Waals surface area contributed by atoms with Gasteiger partial charge in [-0.1, -0.05) is 0 Å². The number of nitro groups is 1. The molecule has 15 heavy (non-hydrogen) atoms. The minimum Gasteiger partial charge on any atom is -0.258 e. The van der Waals surface area contributed by atoms with Crippen LogP contribution >= 0.6 is 47.9 Å². The van der Waals surface area contributed by atoms with E-state index in [1.54, 1.807) is 0 Å². The first-order valence-corrected chi connectivity index (χ1v) is 6.37. The molecular weight excluding hydrogens is 270 g/mol. The molecule has 0 saturated heterocycles. The van der Waals surface area contributed by atoms with Gasteiger partial charge in [0.25, 0.3) is 5.69 Å². The Morgan fingerprint density at radius 3 is 2.47 bits per heavy atom. The van der Waals surface area contributed by atoms with Gasteiger partial charge in [0.05, 0.1) is 18.2 Å². The maximum Gasteiger partial charge on any atom is 0.289 e. The van der Waals surface area contributed by atoms with Crippen LogP contribution in [0.15, 0.2) is 26.6 Å². The molecule has 0 spiro atoms. The summed E-state index contributed by atoms with van der Waals surface area (Å²) in [5.41, 5.74) is 0.111. The van der Waals surface area contributed by atoms with Gasteiger partial charge in [-0.05, 0) is 12.1 Å². The lowest BCUT2D eigenvalue weighted by molar-refractivity contribution is -0.383. The molecule has 0 atom stereocenters. The van der Waals surface area contributed by atoms with Crippen molar-refractivity contribution in [3.63, 3.8) is 0 Å². The van der Waals surface area contributed by atoms with Crippen molar-refractivity contribution in [3.05, 3.63) is 28.3 Å². The average Bonchev–Trinajstić information content (AvgIpc) is 2.71. The highest BCUT2D eigenvalue weighted by Crippen LogP contribution is 2.42. The molecule has 3 nitrogen and oxygen atoms in total. The molecule has 2 aromatic heterocycles. The molecule has 2 heterocycles. The molecular formula is C8H5NO2S4. The zero-order valence-corrected chi connectivity index (χ0v) is 10.6. The fraction of sp³-hybridized carbons (Fsp3) is 0. The molecule has 0 fully saturated rings. The van der Waals surface area contributed by atoms with E-state index in [0.29, 0.717) is 9.09 Å². The van der Waals surface area contributed by atoms with Gasteiger partial charge in [-0.2, -0.15) is 0 Å². The van der Waals surface area contributed by atoms with Crippen LogP contribution in [-0.4, -0.2) is 4.92 Å². The van der Waals surface area contributed by atoms with E-state index in [4.69, 9.17) is 0 Å². The predicted molar refractivity (Wildman–Crippen MR) is 68.8 cm³/mol. The van der Waals surface area contributed by atoms with Crippen LogP contribution in [0.1, 0.15) is 0 Å². The Morgan fingerprint density at radius 2 is 1.93 bits per heavy atom. The van der Waals surface area contributed by atoms with Crippen LogP contribution in [0.4, 0.5) is 5.69 Å². The topological polar surface area (TPSA) is 43.1 Å². The van der Waals surface area contributed by atoms with Crippen LogP contribution in [0.25, 0.3) is 9.75 Å². The summed E-state index contributed by atoms with van der Waals surface area (Å²) in [6.07, 6.45) is 0. The van der Waals surface area contributed by atoms with E-state index in [1.165, 1.54) is 28.7 Å². The van der Waals surface area contributed by atoms with E-state index in [-0.39, 0.29) is 10.6 Å². The van der Waals surface area contributed by atoms with Gasteiger partial charge in [0, 0.05) is 6.07 Å². The van der Waals surface area contributed by atoms with Gasteiger partial charge < -0.3 is 0 Å². The standard InChI is InChI=1S/C8H5NO2S4/c10-9(11)4-3-7(13)15-8(4)5-1-2-6(12)14-5/h1-3,12-13H. The summed E-state index contributed by atoms with van der Waals surface area (Å²) in [5, 5.41) is 10.8. The lowest BCUT2D eigenvalue weighted by atomic mass is 10.3. The van der Waals surface area contributed by atoms with E-state index < -0.39 is 0 Å². The average molecular weight is 275 g/mol. The minimum absolute atomic E-state index is 0.111. The molecule has 0 radical (unpaired) electrons.